The van der Waals surface area contributed by atoms with Crippen LogP contribution in [0.4, 0.5) is 5.69 Å². The molecule has 0 bridgehead atoms. The molecule has 4 amide bonds. The number of hydrogen-bond donors (Lipinski definition) is 3. The number of fused-ring (bicyclic) bond motifs is 2. The summed E-state index contributed by atoms with van der Waals surface area (Å²) in [7, 11) is 1.94. The number of nitrogens with one attached hydrogen (secondary N) is 2. The smallest absolute Gasteiger partial charge is 0.352 e. The Morgan fingerprint density at radius 3 is 2.20 bits per heavy atom. The van der Waals surface area contributed by atoms with Crippen molar-refractivity contribution in [3.63, 3.8) is 0 Å². The number of halogens is 1. The first kappa shape index (κ1) is 50.3. The van der Waals surface area contributed by atoms with Crippen LogP contribution in [0.15, 0.2) is 48.5 Å². The summed E-state index contributed by atoms with van der Waals surface area (Å²) >= 11 is 6.39. The Hall–Kier alpha value is -6.11. The van der Waals surface area contributed by atoms with Crippen molar-refractivity contribution in [2.24, 2.45) is 7.05 Å². The number of piperidine rings is 1. The molecule has 2 aromatic heterocycles. The molecule has 3 N–H and O–H groups in total. The highest BCUT2D eigenvalue weighted by molar-refractivity contribution is 6.32. The molecular formula is C52H63ClN8O9. The Morgan fingerprint density at radius 2 is 1.51 bits per heavy atom. The lowest BCUT2D eigenvalue weighted by Crippen LogP contribution is -2.54. The number of nitrogens with zero attached hydrogens (tertiary/aromatic N) is 6. The molecule has 2 saturated heterocycles. The molecule has 0 saturated carbocycles. The van der Waals surface area contributed by atoms with Gasteiger partial charge in [0.25, 0.3) is 11.8 Å². The van der Waals surface area contributed by atoms with Crippen molar-refractivity contribution in [2.75, 3.05) is 84.2 Å². The minimum atomic E-state index is -1.02. The fraction of sp³-hybridized carbons (Fsp3) is 0.462. The molecule has 0 spiro atoms. The van der Waals surface area contributed by atoms with Gasteiger partial charge in [0.15, 0.2) is 0 Å². The summed E-state index contributed by atoms with van der Waals surface area (Å²) in [6, 6.07) is 14.0. The number of imide groups is 2. The third-order valence-corrected chi connectivity index (χ3v) is 14.3. The number of benzene rings is 3. The van der Waals surface area contributed by atoms with Crippen LogP contribution in [-0.4, -0.2) is 149 Å². The number of piperazine rings is 1. The summed E-state index contributed by atoms with van der Waals surface area (Å²) in [4.78, 5) is 69.6. The number of aromatic nitrogens is 3. The number of carbonyl (C=O) groups excluding carboxylic acids is 4. The fourth-order valence-corrected chi connectivity index (χ4v) is 10.2. The number of ether oxygens (including phenoxy) is 3. The maximum Gasteiger partial charge on any atom is 0.352 e. The number of amides is 4. The van der Waals surface area contributed by atoms with Gasteiger partial charge in [0.1, 0.15) is 17.5 Å². The lowest BCUT2D eigenvalue weighted by Gasteiger charge is -2.34. The molecule has 372 valence electrons. The molecule has 3 aliphatic rings. The molecular weight excluding hydrogens is 916 g/mol. The van der Waals surface area contributed by atoms with Gasteiger partial charge in [-0.1, -0.05) is 35.9 Å². The average molecular weight is 980 g/mol. The molecule has 70 heavy (non-hydrogen) atoms. The highest BCUT2D eigenvalue weighted by atomic mass is 35.5. The van der Waals surface area contributed by atoms with Crippen molar-refractivity contribution in [3.05, 3.63) is 98.5 Å². The molecule has 1 unspecified atom stereocenters. The second-order valence-corrected chi connectivity index (χ2v) is 18.7. The minimum Gasteiger partial charge on any atom is -0.494 e. The fourth-order valence-electron chi connectivity index (χ4n) is 10.1. The van der Waals surface area contributed by atoms with Crippen LogP contribution in [0, 0.1) is 27.7 Å². The first-order valence-electron chi connectivity index (χ1n) is 24.2. The third kappa shape index (κ3) is 10.8. The molecule has 18 heteroatoms. The van der Waals surface area contributed by atoms with Crippen molar-refractivity contribution in [1.82, 2.24) is 34.4 Å². The summed E-state index contributed by atoms with van der Waals surface area (Å²) in [5, 5.41) is 22.7. The molecule has 8 rings (SSSR count). The standard InChI is InChI=1S/C52H63ClN8O9/c1-32-30-36(31-33(2)46(32)53)70-26-8-13-38-37-10-6-11-39(44-34(3)56-57(5)35(44)4)47(37)60(48(38)52(66)67)24-23-59-21-19-58(20-22-59)18-9-25-68-28-29-69-27-17-54-41-14-7-12-40-45(41)51(65)61(50(40)64)42-15-16-43(62)55-49(42)63/h6-7,10-12,14,30-31,42,54H,8-9,13,15-29H2,1-5H3,(H,66,67)(H,55,62,63). The summed E-state index contributed by atoms with van der Waals surface area (Å²) in [6.07, 6.45) is 2.22. The molecule has 5 heterocycles. The maximum atomic E-state index is 13.3. The van der Waals surface area contributed by atoms with E-state index in [1.54, 1.807) is 18.2 Å². The molecule has 3 aromatic carbocycles. The van der Waals surface area contributed by atoms with Gasteiger partial charge in [-0.15, -0.1) is 0 Å². The molecule has 17 nitrogen and oxygen atoms in total. The zero-order chi connectivity index (χ0) is 49.6. The van der Waals surface area contributed by atoms with E-state index >= 15 is 0 Å². The Bertz CT molecular complexity index is 2770. The van der Waals surface area contributed by atoms with Gasteiger partial charge in [0.2, 0.25) is 11.8 Å². The second kappa shape index (κ2) is 22.3. The number of aromatic carboxylic acids is 1. The predicted molar refractivity (Wildman–Crippen MR) is 266 cm³/mol. The lowest BCUT2D eigenvalue weighted by molar-refractivity contribution is -0.136. The first-order chi connectivity index (χ1) is 33.7. The molecule has 1 atom stereocenters. The summed E-state index contributed by atoms with van der Waals surface area (Å²) in [5.74, 6) is -2.35. The average Bonchev–Trinajstić information content (AvgIpc) is 3.90. The van der Waals surface area contributed by atoms with Gasteiger partial charge >= 0.3 is 5.97 Å². The van der Waals surface area contributed by atoms with E-state index in [4.69, 9.17) is 30.9 Å². The number of anilines is 1. The van der Waals surface area contributed by atoms with E-state index < -0.39 is 35.6 Å². The number of carboxylic acids is 1. The van der Waals surface area contributed by atoms with Gasteiger partial charge in [-0.2, -0.15) is 5.10 Å². The van der Waals surface area contributed by atoms with Crippen LogP contribution in [0.5, 0.6) is 5.75 Å². The Morgan fingerprint density at radius 1 is 0.829 bits per heavy atom. The predicted octanol–water partition coefficient (Wildman–Crippen LogP) is 6.19. The molecule has 3 aliphatic heterocycles. The van der Waals surface area contributed by atoms with E-state index in [1.165, 1.54) is 0 Å². The van der Waals surface area contributed by atoms with E-state index in [-0.39, 0.29) is 24.0 Å². The zero-order valence-electron chi connectivity index (χ0n) is 40.7. The van der Waals surface area contributed by atoms with Gasteiger partial charge in [-0.05, 0) is 94.3 Å². The highest BCUT2D eigenvalue weighted by Crippen LogP contribution is 2.38. The monoisotopic (exact) mass is 978 g/mol. The van der Waals surface area contributed by atoms with Crippen LogP contribution in [0.2, 0.25) is 5.02 Å². The topological polar surface area (TPSA) is 190 Å². The van der Waals surface area contributed by atoms with Crippen LogP contribution in [0.3, 0.4) is 0 Å². The van der Waals surface area contributed by atoms with E-state index in [0.29, 0.717) is 76.9 Å². The number of aryl methyl sites for hydroxylation is 5. The third-order valence-electron chi connectivity index (χ3n) is 13.7. The molecule has 0 aliphatic carbocycles. The molecule has 5 aromatic rings. The summed E-state index contributed by atoms with van der Waals surface area (Å²) < 4.78 is 21.7. The number of hydrogen-bond acceptors (Lipinski definition) is 12. The van der Waals surface area contributed by atoms with Gasteiger partial charge in [-0.25, -0.2) is 4.79 Å². The zero-order valence-corrected chi connectivity index (χ0v) is 41.5. The summed E-state index contributed by atoms with van der Waals surface area (Å²) in [6.45, 7) is 16.3. The minimum absolute atomic E-state index is 0.0608. The van der Waals surface area contributed by atoms with Gasteiger partial charge in [0, 0.05) is 105 Å². The van der Waals surface area contributed by atoms with Crippen molar-refractivity contribution in [2.45, 2.75) is 72.4 Å². The highest BCUT2D eigenvalue weighted by Gasteiger charge is 2.45. The number of carboxylic acid groups (broad SMARTS) is 1. The van der Waals surface area contributed by atoms with Gasteiger partial charge < -0.3 is 34.1 Å². The van der Waals surface area contributed by atoms with Gasteiger partial charge in [0.05, 0.1) is 48.8 Å². The number of para-hydroxylation sites is 1. The Kier molecular flexibility index (Phi) is 16.0. The lowest BCUT2D eigenvalue weighted by atomic mass is 9.98. The van der Waals surface area contributed by atoms with E-state index in [2.05, 4.69) is 39.5 Å². The van der Waals surface area contributed by atoms with E-state index in [0.717, 1.165) is 105 Å². The van der Waals surface area contributed by atoms with Crippen LogP contribution in [0.1, 0.15) is 85.0 Å². The maximum absolute atomic E-state index is 13.3. The largest absolute Gasteiger partial charge is 0.494 e. The molecule has 0 radical (unpaired) electrons. The molecule has 2 fully saturated rings. The van der Waals surface area contributed by atoms with Crippen molar-refractivity contribution in [3.8, 4) is 16.9 Å². The number of carbonyl (C=O) groups is 5. The van der Waals surface area contributed by atoms with Crippen LogP contribution >= 0.6 is 11.6 Å². The van der Waals surface area contributed by atoms with E-state index in [9.17, 15) is 29.1 Å². The number of rotatable bonds is 22. The Labute approximate surface area is 413 Å². The second-order valence-electron chi connectivity index (χ2n) is 18.3. The van der Waals surface area contributed by atoms with Crippen molar-refractivity contribution < 1.29 is 43.3 Å². The van der Waals surface area contributed by atoms with Crippen LogP contribution < -0.4 is 15.4 Å². The normalized spacial score (nSPS) is 16.7. The van der Waals surface area contributed by atoms with Crippen molar-refractivity contribution >= 4 is 57.8 Å². The van der Waals surface area contributed by atoms with E-state index in [1.807, 2.05) is 55.3 Å². The van der Waals surface area contributed by atoms with Crippen molar-refractivity contribution in [1.29, 1.82) is 0 Å². The Balaban J connectivity index is 0.786. The quantitative estimate of drug-likeness (QED) is 0.0526. The van der Waals surface area contributed by atoms with Crippen LogP contribution in [-0.2, 0) is 39.1 Å². The van der Waals surface area contributed by atoms with Gasteiger partial charge in [-0.3, -0.25) is 39.0 Å². The first-order valence-corrected chi connectivity index (χ1v) is 24.6. The summed E-state index contributed by atoms with van der Waals surface area (Å²) in [5.41, 5.74) is 8.84. The SMILES string of the molecule is Cc1cc(OCCCc2c(C(=O)O)n(CCN3CCN(CCCOCCOCCNc4cccc5c4C(=O)N(C4CCC(=O)NC4=O)C5=O)CC3)c3c(-c4c(C)nn(C)c4C)cccc23)cc(C)c1Cl. The van der Waals surface area contributed by atoms with Crippen LogP contribution in [0.25, 0.3) is 22.0 Å².